The molecule has 0 aliphatic heterocycles. The van der Waals surface area contributed by atoms with Gasteiger partial charge in [-0.3, -0.25) is 0 Å². The molecule has 156 valence electrons. The van der Waals surface area contributed by atoms with Crippen molar-refractivity contribution in [2.75, 3.05) is 13.2 Å². The molecular weight excluding hydrogens is 422 g/mol. The minimum atomic E-state index is -1.32. The third-order valence-electron chi connectivity index (χ3n) is 5.06. The Morgan fingerprint density at radius 2 is 1.70 bits per heavy atom. The Morgan fingerprint density at radius 3 is 2.33 bits per heavy atom. The van der Waals surface area contributed by atoms with E-state index in [2.05, 4.69) is 17.1 Å². The van der Waals surface area contributed by atoms with Crippen molar-refractivity contribution in [1.82, 2.24) is 10.2 Å². The van der Waals surface area contributed by atoms with Gasteiger partial charge in [0, 0.05) is 21.5 Å². The van der Waals surface area contributed by atoms with E-state index in [1.807, 2.05) is 36.4 Å². The highest BCUT2D eigenvalue weighted by Gasteiger charge is 2.30. The summed E-state index contributed by atoms with van der Waals surface area (Å²) in [6.07, 6.45) is 1.99. The molecule has 0 radical (unpaired) electrons. The molecular formula is C22H22ClN3O3S. The molecule has 0 aliphatic rings. The minimum absolute atomic E-state index is 0.333. The highest BCUT2D eigenvalue weighted by atomic mass is 35.5. The van der Waals surface area contributed by atoms with Gasteiger partial charge in [-0.05, 0) is 42.3 Å². The molecule has 6 nitrogen and oxygen atoms in total. The molecule has 8 heteroatoms. The Kier molecular flexibility index (Phi) is 5.90. The normalized spacial score (nSPS) is 12.0. The molecule has 0 saturated heterocycles. The monoisotopic (exact) mass is 443 g/mol. The van der Waals surface area contributed by atoms with Gasteiger partial charge in [-0.1, -0.05) is 48.4 Å². The number of hydrogen-bond donors (Lipinski definition) is 3. The van der Waals surface area contributed by atoms with E-state index in [-0.39, 0.29) is 0 Å². The summed E-state index contributed by atoms with van der Waals surface area (Å²) in [7, 11) is 0. The number of hydrogen-bond acceptors (Lipinski definition) is 7. The van der Waals surface area contributed by atoms with Crippen LogP contribution in [0.1, 0.15) is 24.7 Å². The van der Waals surface area contributed by atoms with E-state index in [0.29, 0.717) is 11.3 Å². The third kappa shape index (κ3) is 3.87. The minimum Gasteiger partial charge on any atom is -0.459 e. The summed E-state index contributed by atoms with van der Waals surface area (Å²) >= 11 is 7.89. The Balaban J connectivity index is 1.65. The Bertz CT molecular complexity index is 1180. The summed E-state index contributed by atoms with van der Waals surface area (Å²) in [5.41, 5.74) is 8.28. The van der Waals surface area contributed by atoms with Gasteiger partial charge >= 0.3 is 0 Å². The second-order valence-electron chi connectivity index (χ2n) is 7.30. The highest BCUT2D eigenvalue weighted by molar-refractivity contribution is 7.17. The number of benzene rings is 2. The van der Waals surface area contributed by atoms with Crippen molar-refractivity contribution in [3.05, 3.63) is 58.8 Å². The largest absolute Gasteiger partial charge is 0.459 e. The fraction of sp³-hybridized carbons (Fsp3) is 0.273. The summed E-state index contributed by atoms with van der Waals surface area (Å²) in [4.78, 5) is 0. The average molecular weight is 444 g/mol. The Morgan fingerprint density at radius 1 is 1.03 bits per heavy atom. The molecule has 30 heavy (non-hydrogen) atoms. The SMILES string of the molecule is CCCc1ccc(-c2nnc(-c3ccc4oc(C(N)(CO)CO)cc4c3)s2)cc1Cl. The molecule has 4 aromatic rings. The molecule has 0 spiro atoms. The third-order valence-corrected chi connectivity index (χ3v) is 6.44. The zero-order valence-electron chi connectivity index (χ0n) is 16.4. The van der Waals surface area contributed by atoms with Gasteiger partial charge in [0.2, 0.25) is 0 Å². The molecule has 0 saturated carbocycles. The summed E-state index contributed by atoms with van der Waals surface area (Å²) in [6.45, 7) is 1.28. The van der Waals surface area contributed by atoms with Crippen LogP contribution in [0.25, 0.3) is 32.1 Å². The molecule has 2 aromatic carbocycles. The van der Waals surface area contributed by atoms with Crippen molar-refractivity contribution in [3.8, 4) is 21.1 Å². The lowest BCUT2D eigenvalue weighted by Crippen LogP contribution is -2.43. The van der Waals surface area contributed by atoms with Crippen molar-refractivity contribution in [3.63, 3.8) is 0 Å². The zero-order valence-corrected chi connectivity index (χ0v) is 18.0. The number of aromatic nitrogens is 2. The van der Waals surface area contributed by atoms with Crippen LogP contribution in [0.4, 0.5) is 0 Å². The number of aliphatic hydroxyl groups is 2. The fourth-order valence-electron chi connectivity index (χ4n) is 3.24. The summed E-state index contributed by atoms with van der Waals surface area (Å²) < 4.78 is 5.73. The van der Waals surface area contributed by atoms with Crippen LogP contribution in [0.15, 0.2) is 46.9 Å². The van der Waals surface area contributed by atoms with Crippen LogP contribution in [-0.4, -0.2) is 33.6 Å². The number of rotatable bonds is 7. The fourth-order valence-corrected chi connectivity index (χ4v) is 4.35. The number of nitrogens with two attached hydrogens (primary N) is 1. The molecule has 0 amide bonds. The number of halogens is 1. The van der Waals surface area contributed by atoms with Crippen molar-refractivity contribution < 1.29 is 14.6 Å². The predicted molar refractivity (Wildman–Crippen MR) is 120 cm³/mol. The lowest BCUT2D eigenvalue weighted by atomic mass is 10.00. The molecule has 2 heterocycles. The van der Waals surface area contributed by atoms with Crippen molar-refractivity contribution in [2.24, 2.45) is 5.73 Å². The molecule has 4 rings (SSSR count). The zero-order chi connectivity index (χ0) is 21.3. The number of nitrogens with zero attached hydrogens (tertiary/aromatic N) is 2. The van der Waals surface area contributed by atoms with E-state index in [1.165, 1.54) is 11.3 Å². The van der Waals surface area contributed by atoms with Crippen molar-refractivity contribution in [1.29, 1.82) is 0 Å². The molecule has 0 unspecified atom stereocenters. The van der Waals surface area contributed by atoms with Gasteiger partial charge in [-0.15, -0.1) is 10.2 Å². The molecule has 0 atom stereocenters. The maximum atomic E-state index is 9.50. The van der Waals surface area contributed by atoms with Crippen molar-refractivity contribution in [2.45, 2.75) is 25.3 Å². The highest BCUT2D eigenvalue weighted by Crippen LogP contribution is 2.35. The Hall–Kier alpha value is -2.29. The molecule has 4 N–H and O–H groups in total. The number of aliphatic hydroxyl groups excluding tert-OH is 2. The number of furan rings is 1. The lowest BCUT2D eigenvalue weighted by molar-refractivity contribution is 0.105. The van der Waals surface area contributed by atoms with Gasteiger partial charge in [0.05, 0.1) is 13.2 Å². The first-order chi connectivity index (χ1) is 14.5. The van der Waals surface area contributed by atoms with Crippen LogP contribution < -0.4 is 5.73 Å². The summed E-state index contributed by atoms with van der Waals surface area (Å²) in [6, 6.07) is 13.4. The lowest BCUT2D eigenvalue weighted by Gasteiger charge is -2.21. The first kappa shape index (κ1) is 21.0. The summed E-state index contributed by atoms with van der Waals surface area (Å²) in [5, 5.41) is 30.8. The molecule has 0 aliphatic carbocycles. The van der Waals surface area contributed by atoms with Gasteiger partial charge in [0.1, 0.15) is 26.9 Å². The van der Waals surface area contributed by atoms with E-state index in [9.17, 15) is 10.2 Å². The first-order valence-corrected chi connectivity index (χ1v) is 10.8. The van der Waals surface area contributed by atoms with Crippen LogP contribution in [0, 0.1) is 0 Å². The molecule has 2 aromatic heterocycles. The smallest absolute Gasteiger partial charge is 0.148 e. The van der Waals surface area contributed by atoms with Crippen molar-refractivity contribution >= 4 is 33.9 Å². The topological polar surface area (TPSA) is 105 Å². The van der Waals surface area contributed by atoms with E-state index >= 15 is 0 Å². The van der Waals surface area contributed by atoms with Crippen LogP contribution >= 0.6 is 22.9 Å². The van der Waals surface area contributed by atoms with Gasteiger partial charge in [0.15, 0.2) is 0 Å². The standard InChI is InChI=1S/C22H22ClN3O3S/c1-2-3-13-4-5-15(9-17(13)23)21-26-25-20(30-21)14-6-7-18-16(8-14)10-19(29-18)22(24,11-27)12-28/h4-10,27-28H,2-3,11-12,24H2,1H3. The van der Waals surface area contributed by atoms with Gasteiger partial charge < -0.3 is 20.4 Å². The van der Waals surface area contributed by atoms with E-state index in [4.69, 9.17) is 21.8 Å². The van der Waals surface area contributed by atoms with Crippen LogP contribution in [0.5, 0.6) is 0 Å². The van der Waals surface area contributed by atoms with E-state index in [1.54, 1.807) is 6.07 Å². The van der Waals surface area contributed by atoms with E-state index in [0.717, 1.165) is 50.0 Å². The average Bonchev–Trinajstić information content (AvgIpc) is 3.42. The van der Waals surface area contributed by atoms with Crippen LogP contribution in [0.3, 0.4) is 0 Å². The maximum absolute atomic E-state index is 9.50. The second kappa shape index (κ2) is 8.45. The quantitative estimate of drug-likeness (QED) is 0.392. The predicted octanol–water partition coefficient (Wildman–Crippen LogP) is 4.36. The second-order valence-corrected chi connectivity index (χ2v) is 8.69. The van der Waals surface area contributed by atoms with Crippen LogP contribution in [0.2, 0.25) is 5.02 Å². The van der Waals surface area contributed by atoms with Crippen LogP contribution in [-0.2, 0) is 12.0 Å². The number of aryl methyl sites for hydroxylation is 1. The first-order valence-electron chi connectivity index (χ1n) is 9.65. The summed E-state index contributed by atoms with van der Waals surface area (Å²) in [5.74, 6) is 0.333. The van der Waals surface area contributed by atoms with E-state index < -0.39 is 18.8 Å². The number of fused-ring (bicyclic) bond motifs is 1. The Labute approximate surface area is 182 Å². The van der Waals surface area contributed by atoms with Gasteiger partial charge in [0.25, 0.3) is 0 Å². The maximum Gasteiger partial charge on any atom is 0.148 e. The molecule has 0 fully saturated rings. The molecule has 0 bridgehead atoms. The van der Waals surface area contributed by atoms with Gasteiger partial charge in [-0.25, -0.2) is 0 Å². The van der Waals surface area contributed by atoms with Gasteiger partial charge in [-0.2, -0.15) is 0 Å².